The number of aromatic nitrogens is 1. The van der Waals surface area contributed by atoms with Crippen molar-refractivity contribution in [1.29, 1.82) is 0 Å². The van der Waals surface area contributed by atoms with Crippen molar-refractivity contribution in [3.05, 3.63) is 83.8 Å². The Balaban J connectivity index is 1.53. The molecule has 0 fully saturated rings. The molecule has 1 heterocycles. The van der Waals surface area contributed by atoms with Crippen molar-refractivity contribution in [3.8, 4) is 5.75 Å². The van der Waals surface area contributed by atoms with E-state index in [1.165, 1.54) is 12.1 Å². The molecule has 2 N–H and O–H groups in total. The van der Waals surface area contributed by atoms with E-state index in [0.29, 0.717) is 18.1 Å². The largest absolute Gasteiger partial charge is 0.496 e. The Morgan fingerprint density at radius 2 is 1.85 bits per heavy atom. The first-order chi connectivity index (χ1) is 13.1. The maximum atomic E-state index is 12.9. The van der Waals surface area contributed by atoms with E-state index in [1.54, 1.807) is 37.6 Å². The number of nitrogens with one attached hydrogen (secondary N) is 2. The highest BCUT2D eigenvalue weighted by Gasteiger charge is 2.06. The van der Waals surface area contributed by atoms with Gasteiger partial charge in [0.05, 0.1) is 25.4 Å². The lowest BCUT2D eigenvalue weighted by Crippen LogP contribution is -2.14. The van der Waals surface area contributed by atoms with Crippen LogP contribution in [-0.4, -0.2) is 18.0 Å². The van der Waals surface area contributed by atoms with E-state index in [2.05, 4.69) is 15.6 Å². The first-order valence-electron chi connectivity index (χ1n) is 8.50. The maximum absolute atomic E-state index is 12.9. The number of ether oxygens (including phenoxy) is 1. The van der Waals surface area contributed by atoms with Crippen LogP contribution in [-0.2, 0) is 17.8 Å². The number of carbonyl (C=O) groups excluding carboxylic acids is 1. The lowest BCUT2D eigenvalue weighted by molar-refractivity contribution is -0.115. The SMILES string of the molecule is COc1ccccc1CNc1ccc(NC(=O)Cc2ccc(F)cc2)cn1. The summed E-state index contributed by atoms with van der Waals surface area (Å²) in [5.74, 6) is 1.00. The molecule has 3 aromatic rings. The van der Waals surface area contributed by atoms with Crippen LogP contribution in [0.3, 0.4) is 0 Å². The average molecular weight is 365 g/mol. The van der Waals surface area contributed by atoms with Crippen LogP contribution < -0.4 is 15.4 Å². The lowest BCUT2D eigenvalue weighted by atomic mass is 10.1. The van der Waals surface area contributed by atoms with E-state index in [1.807, 2.05) is 24.3 Å². The minimum atomic E-state index is -0.320. The summed E-state index contributed by atoms with van der Waals surface area (Å²) in [7, 11) is 1.64. The minimum Gasteiger partial charge on any atom is -0.496 e. The first kappa shape index (κ1) is 18.4. The van der Waals surface area contributed by atoms with Crippen LogP contribution in [0.5, 0.6) is 5.75 Å². The van der Waals surface area contributed by atoms with Crippen LogP contribution in [0.2, 0.25) is 0 Å². The maximum Gasteiger partial charge on any atom is 0.228 e. The zero-order chi connectivity index (χ0) is 19.1. The summed E-state index contributed by atoms with van der Waals surface area (Å²) in [5.41, 5.74) is 2.38. The molecule has 0 radical (unpaired) electrons. The van der Waals surface area contributed by atoms with Gasteiger partial charge < -0.3 is 15.4 Å². The van der Waals surface area contributed by atoms with Crippen molar-refractivity contribution < 1.29 is 13.9 Å². The summed E-state index contributed by atoms with van der Waals surface area (Å²) in [6.07, 6.45) is 1.77. The Kier molecular flexibility index (Phi) is 5.99. The molecule has 5 nitrogen and oxygen atoms in total. The van der Waals surface area contributed by atoms with Gasteiger partial charge in [-0.3, -0.25) is 4.79 Å². The molecular formula is C21H20FN3O2. The summed E-state index contributed by atoms with van der Waals surface area (Å²) in [6, 6.07) is 17.2. The molecule has 0 bridgehead atoms. The quantitative estimate of drug-likeness (QED) is 0.664. The molecule has 3 rings (SSSR count). The lowest BCUT2D eigenvalue weighted by Gasteiger charge is -2.10. The Morgan fingerprint density at radius 3 is 2.56 bits per heavy atom. The number of pyridine rings is 1. The molecule has 0 atom stereocenters. The Labute approximate surface area is 157 Å². The molecule has 0 unspecified atom stereocenters. The molecule has 0 aliphatic rings. The van der Waals surface area contributed by atoms with Gasteiger partial charge in [-0.15, -0.1) is 0 Å². The molecule has 0 saturated carbocycles. The fraction of sp³-hybridized carbons (Fsp3) is 0.143. The Bertz CT molecular complexity index is 896. The molecule has 138 valence electrons. The van der Waals surface area contributed by atoms with E-state index < -0.39 is 0 Å². The highest BCUT2D eigenvalue weighted by Crippen LogP contribution is 2.19. The fourth-order valence-corrected chi connectivity index (χ4v) is 2.60. The fourth-order valence-electron chi connectivity index (χ4n) is 2.60. The predicted molar refractivity (Wildman–Crippen MR) is 103 cm³/mol. The molecule has 0 saturated heterocycles. The number of nitrogens with zero attached hydrogens (tertiary/aromatic N) is 1. The zero-order valence-electron chi connectivity index (χ0n) is 14.9. The number of anilines is 2. The second-order valence-corrected chi connectivity index (χ2v) is 5.95. The highest BCUT2D eigenvalue weighted by molar-refractivity contribution is 5.92. The van der Waals surface area contributed by atoms with Crippen LogP contribution in [0.1, 0.15) is 11.1 Å². The number of halogens is 1. The van der Waals surface area contributed by atoms with Gasteiger partial charge in [0.25, 0.3) is 0 Å². The third-order valence-corrected chi connectivity index (χ3v) is 3.98. The van der Waals surface area contributed by atoms with Crippen LogP contribution >= 0.6 is 0 Å². The van der Waals surface area contributed by atoms with Gasteiger partial charge in [-0.2, -0.15) is 0 Å². The number of hydrogen-bond acceptors (Lipinski definition) is 4. The second kappa shape index (κ2) is 8.80. The zero-order valence-corrected chi connectivity index (χ0v) is 14.9. The van der Waals surface area contributed by atoms with Crippen molar-refractivity contribution in [3.63, 3.8) is 0 Å². The Morgan fingerprint density at radius 1 is 1.07 bits per heavy atom. The van der Waals surface area contributed by atoms with E-state index in [0.717, 1.165) is 16.9 Å². The van der Waals surface area contributed by atoms with Gasteiger partial charge in [0, 0.05) is 12.1 Å². The summed E-state index contributed by atoms with van der Waals surface area (Å²) in [6.45, 7) is 0.577. The number of carbonyl (C=O) groups is 1. The van der Waals surface area contributed by atoms with Gasteiger partial charge in [-0.05, 0) is 35.9 Å². The number of benzene rings is 2. The van der Waals surface area contributed by atoms with Gasteiger partial charge in [-0.1, -0.05) is 30.3 Å². The van der Waals surface area contributed by atoms with Gasteiger partial charge >= 0.3 is 0 Å². The van der Waals surface area contributed by atoms with E-state index >= 15 is 0 Å². The van der Waals surface area contributed by atoms with Crippen molar-refractivity contribution in [2.75, 3.05) is 17.7 Å². The van der Waals surface area contributed by atoms with E-state index in [4.69, 9.17) is 4.74 Å². The molecule has 1 aromatic heterocycles. The predicted octanol–water partition coefficient (Wildman–Crippen LogP) is 4.02. The number of rotatable bonds is 7. The monoisotopic (exact) mass is 365 g/mol. The van der Waals surface area contributed by atoms with Gasteiger partial charge in [0.1, 0.15) is 17.4 Å². The summed E-state index contributed by atoms with van der Waals surface area (Å²) in [4.78, 5) is 16.4. The van der Waals surface area contributed by atoms with Gasteiger partial charge in [0.15, 0.2) is 0 Å². The van der Waals surface area contributed by atoms with Gasteiger partial charge in [-0.25, -0.2) is 9.37 Å². The van der Waals surface area contributed by atoms with Crippen LogP contribution in [0.15, 0.2) is 66.9 Å². The van der Waals surface area contributed by atoms with Gasteiger partial charge in [0.2, 0.25) is 5.91 Å². The van der Waals surface area contributed by atoms with E-state index in [9.17, 15) is 9.18 Å². The van der Waals surface area contributed by atoms with Crippen molar-refractivity contribution in [1.82, 2.24) is 4.98 Å². The third-order valence-electron chi connectivity index (χ3n) is 3.98. The van der Waals surface area contributed by atoms with Crippen LogP contribution in [0.25, 0.3) is 0 Å². The smallest absolute Gasteiger partial charge is 0.228 e. The molecule has 0 aliphatic carbocycles. The first-order valence-corrected chi connectivity index (χ1v) is 8.50. The Hall–Kier alpha value is -3.41. The third kappa shape index (κ3) is 5.28. The normalized spacial score (nSPS) is 10.3. The van der Waals surface area contributed by atoms with Crippen molar-refractivity contribution >= 4 is 17.4 Å². The summed E-state index contributed by atoms with van der Waals surface area (Å²) in [5, 5.41) is 6.00. The molecule has 0 spiro atoms. The molecule has 6 heteroatoms. The summed E-state index contributed by atoms with van der Waals surface area (Å²) >= 11 is 0. The number of para-hydroxylation sites is 1. The summed E-state index contributed by atoms with van der Waals surface area (Å²) < 4.78 is 18.2. The number of methoxy groups -OCH3 is 1. The molecule has 1 amide bonds. The van der Waals surface area contributed by atoms with Crippen molar-refractivity contribution in [2.24, 2.45) is 0 Å². The minimum absolute atomic E-state index is 0.175. The standard InChI is InChI=1S/C21H20FN3O2/c1-27-19-5-3-2-4-16(19)13-23-20-11-10-18(14-24-20)25-21(26)12-15-6-8-17(22)9-7-15/h2-11,14H,12-13H2,1H3,(H,23,24)(H,25,26). The van der Waals surface area contributed by atoms with Crippen LogP contribution in [0.4, 0.5) is 15.9 Å². The number of amides is 1. The molecule has 0 aliphatic heterocycles. The van der Waals surface area contributed by atoms with Crippen LogP contribution in [0, 0.1) is 5.82 Å². The average Bonchev–Trinajstić information content (AvgIpc) is 2.69. The molecule has 2 aromatic carbocycles. The van der Waals surface area contributed by atoms with Crippen molar-refractivity contribution in [2.45, 2.75) is 13.0 Å². The molecule has 27 heavy (non-hydrogen) atoms. The van der Waals surface area contributed by atoms with E-state index in [-0.39, 0.29) is 18.1 Å². The topological polar surface area (TPSA) is 63.2 Å². The molecular weight excluding hydrogens is 345 g/mol. The second-order valence-electron chi connectivity index (χ2n) is 5.95. The number of hydrogen-bond donors (Lipinski definition) is 2. The highest BCUT2D eigenvalue weighted by atomic mass is 19.1.